The lowest BCUT2D eigenvalue weighted by molar-refractivity contribution is 0.669. The van der Waals surface area contributed by atoms with E-state index in [1.165, 1.54) is 36.3 Å². The van der Waals surface area contributed by atoms with Crippen LogP contribution in [0.5, 0.6) is 0 Å². The van der Waals surface area contributed by atoms with Crippen LogP contribution in [-0.2, 0) is 0 Å². The molecule has 4 heteroatoms. The second-order valence-electron chi connectivity index (χ2n) is 11.3. The fourth-order valence-electron chi connectivity index (χ4n) is 6.90. The van der Waals surface area contributed by atoms with Gasteiger partial charge in [-0.3, -0.25) is 0 Å². The third kappa shape index (κ3) is 3.31. The molecule has 7 aromatic carbocycles. The zero-order chi connectivity index (χ0) is 28.8. The molecular weight excluding hydrogens is 559 g/mol. The summed E-state index contributed by atoms with van der Waals surface area (Å²) in [5.41, 5.74) is 6.99. The van der Waals surface area contributed by atoms with Gasteiger partial charge in [0.05, 0.1) is 10.4 Å². The molecule has 0 fully saturated rings. The normalized spacial score (nSPS) is 12.1. The Hall–Kier alpha value is -5.58. The highest BCUT2D eigenvalue weighted by molar-refractivity contribution is 7.26. The number of anilines is 3. The van der Waals surface area contributed by atoms with Crippen LogP contribution in [0.2, 0.25) is 0 Å². The van der Waals surface area contributed by atoms with Gasteiger partial charge in [-0.15, -0.1) is 11.3 Å². The van der Waals surface area contributed by atoms with Gasteiger partial charge in [0, 0.05) is 48.4 Å². The maximum absolute atomic E-state index is 6.67. The number of nitrogens with zero attached hydrogens (tertiary/aromatic N) is 1. The minimum atomic E-state index is 0.892. The summed E-state index contributed by atoms with van der Waals surface area (Å²) in [6, 6.07) is 49.3. The number of furan rings is 2. The summed E-state index contributed by atoms with van der Waals surface area (Å²) >= 11 is 1.82. The van der Waals surface area contributed by atoms with Gasteiger partial charge in [0.1, 0.15) is 22.3 Å². The molecule has 0 amide bonds. The largest absolute Gasteiger partial charge is 0.456 e. The molecule has 0 N–H and O–H groups in total. The van der Waals surface area contributed by atoms with E-state index in [0.29, 0.717) is 0 Å². The summed E-state index contributed by atoms with van der Waals surface area (Å²) in [5, 5.41) is 9.40. The monoisotopic (exact) mass is 581 g/mol. The van der Waals surface area contributed by atoms with E-state index < -0.39 is 0 Å². The molecule has 3 aromatic heterocycles. The molecule has 44 heavy (non-hydrogen) atoms. The number of para-hydroxylation sites is 2. The second kappa shape index (κ2) is 8.96. The number of hydrogen-bond donors (Lipinski definition) is 0. The summed E-state index contributed by atoms with van der Waals surface area (Å²) in [7, 11) is 0. The first-order valence-electron chi connectivity index (χ1n) is 14.8. The van der Waals surface area contributed by atoms with Gasteiger partial charge in [-0.25, -0.2) is 0 Å². The maximum atomic E-state index is 6.67. The summed E-state index contributed by atoms with van der Waals surface area (Å²) < 4.78 is 15.3. The average Bonchev–Trinajstić information content (AvgIpc) is 3.77. The number of hydrogen-bond acceptors (Lipinski definition) is 4. The Labute approximate surface area is 255 Å². The highest BCUT2D eigenvalue weighted by Crippen LogP contribution is 2.48. The van der Waals surface area contributed by atoms with E-state index in [4.69, 9.17) is 8.83 Å². The van der Waals surface area contributed by atoms with E-state index in [0.717, 1.165) is 55.6 Å². The molecule has 0 saturated heterocycles. The Balaban J connectivity index is 1.26. The molecule has 0 aliphatic carbocycles. The van der Waals surface area contributed by atoms with E-state index in [-0.39, 0.29) is 0 Å². The molecule has 0 spiro atoms. The van der Waals surface area contributed by atoms with Gasteiger partial charge in [0.25, 0.3) is 0 Å². The molecule has 0 saturated carbocycles. The molecule has 0 unspecified atom stereocenters. The van der Waals surface area contributed by atoms with E-state index in [1.807, 2.05) is 23.5 Å². The van der Waals surface area contributed by atoms with Gasteiger partial charge in [-0.05, 0) is 71.4 Å². The van der Waals surface area contributed by atoms with Crippen LogP contribution in [0.4, 0.5) is 17.1 Å². The molecule has 0 aliphatic heterocycles. The van der Waals surface area contributed by atoms with E-state index in [2.05, 4.69) is 132 Å². The smallest absolute Gasteiger partial charge is 0.144 e. The molecule has 0 radical (unpaired) electrons. The first-order chi connectivity index (χ1) is 21.8. The van der Waals surface area contributed by atoms with Gasteiger partial charge in [-0.1, -0.05) is 78.9 Å². The van der Waals surface area contributed by atoms with Crippen LogP contribution < -0.4 is 4.90 Å². The first-order valence-corrected chi connectivity index (χ1v) is 15.6. The lowest BCUT2D eigenvalue weighted by atomic mass is 10.0. The number of rotatable bonds is 3. The molecule has 0 bridgehead atoms. The number of thiophene rings is 1. The minimum absolute atomic E-state index is 0.892. The molecule has 10 rings (SSSR count). The van der Waals surface area contributed by atoms with Gasteiger partial charge in [0.2, 0.25) is 0 Å². The quantitative estimate of drug-likeness (QED) is 0.208. The van der Waals surface area contributed by atoms with E-state index >= 15 is 0 Å². The number of benzene rings is 7. The highest BCUT2D eigenvalue weighted by atomic mass is 32.1. The molecule has 3 nitrogen and oxygen atoms in total. The van der Waals surface area contributed by atoms with Crippen molar-refractivity contribution in [2.24, 2.45) is 0 Å². The van der Waals surface area contributed by atoms with Crippen LogP contribution in [0.15, 0.2) is 148 Å². The SMILES string of the molecule is c1ccc(N(c2ccc3oc4ccccc4c3c2)c2cccc3c2sc2ccc4c(oc5ccc6ccccc6c54)c23)cc1. The Bertz CT molecular complexity index is 2730. The van der Waals surface area contributed by atoms with Crippen LogP contribution in [0.1, 0.15) is 0 Å². The zero-order valence-corrected chi connectivity index (χ0v) is 24.3. The molecule has 3 heterocycles. The summed E-state index contributed by atoms with van der Waals surface area (Å²) in [5.74, 6) is 0. The third-order valence-corrected chi connectivity index (χ3v) is 10.0. The summed E-state index contributed by atoms with van der Waals surface area (Å²) in [4.78, 5) is 2.36. The highest BCUT2D eigenvalue weighted by Gasteiger charge is 2.22. The van der Waals surface area contributed by atoms with Crippen molar-refractivity contribution in [3.8, 4) is 0 Å². The molecular formula is C40H23NO2S. The summed E-state index contributed by atoms with van der Waals surface area (Å²) in [6.07, 6.45) is 0. The Morgan fingerprint density at radius 3 is 2.16 bits per heavy atom. The van der Waals surface area contributed by atoms with E-state index in [1.54, 1.807) is 0 Å². The van der Waals surface area contributed by atoms with Crippen molar-refractivity contribution in [1.29, 1.82) is 0 Å². The maximum Gasteiger partial charge on any atom is 0.144 e. The van der Waals surface area contributed by atoms with Crippen LogP contribution in [0, 0.1) is 0 Å². The van der Waals surface area contributed by atoms with Crippen molar-refractivity contribution < 1.29 is 8.83 Å². The number of fused-ring (bicyclic) bond motifs is 12. The van der Waals surface area contributed by atoms with Crippen molar-refractivity contribution in [3.63, 3.8) is 0 Å². The predicted octanol–water partition coefficient (Wildman–Crippen LogP) is 12.5. The fourth-order valence-corrected chi connectivity index (χ4v) is 8.11. The minimum Gasteiger partial charge on any atom is -0.456 e. The van der Waals surface area contributed by atoms with Crippen LogP contribution in [0.3, 0.4) is 0 Å². The second-order valence-corrected chi connectivity index (χ2v) is 12.3. The van der Waals surface area contributed by atoms with Gasteiger partial charge in [0.15, 0.2) is 0 Å². The molecule has 10 aromatic rings. The van der Waals surface area contributed by atoms with Crippen molar-refractivity contribution in [2.45, 2.75) is 0 Å². The lowest BCUT2D eigenvalue weighted by Gasteiger charge is -2.26. The predicted molar refractivity (Wildman–Crippen MR) is 186 cm³/mol. The Morgan fingerprint density at radius 1 is 0.455 bits per heavy atom. The molecule has 206 valence electrons. The van der Waals surface area contributed by atoms with Crippen molar-refractivity contribution in [1.82, 2.24) is 0 Å². The Morgan fingerprint density at radius 2 is 1.23 bits per heavy atom. The van der Waals surface area contributed by atoms with Gasteiger partial charge in [-0.2, -0.15) is 0 Å². The average molecular weight is 582 g/mol. The first kappa shape index (κ1) is 23.9. The topological polar surface area (TPSA) is 29.5 Å². The molecule has 0 atom stereocenters. The van der Waals surface area contributed by atoms with Crippen molar-refractivity contribution in [3.05, 3.63) is 140 Å². The lowest BCUT2D eigenvalue weighted by Crippen LogP contribution is -2.09. The van der Waals surface area contributed by atoms with Crippen molar-refractivity contribution >= 4 is 103 Å². The zero-order valence-electron chi connectivity index (χ0n) is 23.5. The van der Waals surface area contributed by atoms with Crippen LogP contribution in [-0.4, -0.2) is 0 Å². The van der Waals surface area contributed by atoms with Crippen molar-refractivity contribution in [2.75, 3.05) is 4.90 Å². The fraction of sp³-hybridized carbons (Fsp3) is 0. The van der Waals surface area contributed by atoms with Crippen LogP contribution in [0.25, 0.3) is 74.8 Å². The van der Waals surface area contributed by atoms with Gasteiger partial charge >= 0.3 is 0 Å². The summed E-state index contributed by atoms with van der Waals surface area (Å²) in [6.45, 7) is 0. The standard InChI is InChI=1S/C40H23NO2S/c1-2-10-25(11-3-1)41(26-18-21-34-31(23-26)28-13-6-7-16-33(28)42-34)32-15-8-14-30-38-36(44-40(30)32)22-19-29-37-27-12-5-4-9-24(27)17-20-35(37)43-39(29)38/h1-23H. The third-order valence-electron chi connectivity index (χ3n) is 8.84. The van der Waals surface area contributed by atoms with Crippen LogP contribution >= 0.6 is 11.3 Å². The molecule has 0 aliphatic rings. The van der Waals surface area contributed by atoms with Gasteiger partial charge < -0.3 is 13.7 Å². The van der Waals surface area contributed by atoms with E-state index in [9.17, 15) is 0 Å². The Kier molecular flexibility index (Phi) is 4.87.